The van der Waals surface area contributed by atoms with Gasteiger partial charge in [-0.2, -0.15) is 0 Å². The standard InChI is InChI=1S/C14H22N2OS/c1-11(15)12-4-2-8-16(10-12)14(17)7-6-13-5-3-9-18-13/h3,5,9,11-12H,2,4,6-8,10,15H2,1H3. The molecule has 100 valence electrons. The van der Waals surface area contributed by atoms with Crippen molar-refractivity contribution in [3.8, 4) is 0 Å². The number of hydrogen-bond acceptors (Lipinski definition) is 3. The van der Waals surface area contributed by atoms with Crippen molar-refractivity contribution in [3.05, 3.63) is 22.4 Å². The summed E-state index contributed by atoms with van der Waals surface area (Å²) in [5.74, 6) is 0.762. The average Bonchev–Trinajstić information content (AvgIpc) is 2.89. The first kappa shape index (κ1) is 13.6. The molecule has 2 atom stereocenters. The normalized spacial score (nSPS) is 21.9. The number of carbonyl (C=O) groups excluding carboxylic acids is 1. The van der Waals surface area contributed by atoms with Crippen molar-refractivity contribution >= 4 is 17.2 Å². The molecule has 1 fully saturated rings. The van der Waals surface area contributed by atoms with Crippen LogP contribution in [0.15, 0.2) is 17.5 Å². The van der Waals surface area contributed by atoms with E-state index in [-0.39, 0.29) is 11.9 Å². The van der Waals surface area contributed by atoms with E-state index in [1.54, 1.807) is 11.3 Å². The number of piperidine rings is 1. The van der Waals surface area contributed by atoms with Crippen molar-refractivity contribution in [1.29, 1.82) is 0 Å². The van der Waals surface area contributed by atoms with Crippen LogP contribution in [0.5, 0.6) is 0 Å². The third-order valence-corrected chi connectivity index (χ3v) is 4.66. The molecule has 2 N–H and O–H groups in total. The Balaban J connectivity index is 1.81. The number of nitrogens with zero attached hydrogens (tertiary/aromatic N) is 1. The van der Waals surface area contributed by atoms with E-state index in [9.17, 15) is 4.79 Å². The van der Waals surface area contributed by atoms with Crippen molar-refractivity contribution in [2.24, 2.45) is 11.7 Å². The van der Waals surface area contributed by atoms with Crippen molar-refractivity contribution in [1.82, 2.24) is 4.90 Å². The van der Waals surface area contributed by atoms with Gasteiger partial charge in [-0.25, -0.2) is 0 Å². The molecule has 0 bridgehead atoms. The molecule has 0 saturated carbocycles. The molecule has 1 aromatic heterocycles. The van der Waals surface area contributed by atoms with Gasteiger partial charge in [0.2, 0.25) is 5.91 Å². The SMILES string of the molecule is CC(N)C1CCCN(C(=O)CCc2cccs2)C1. The fourth-order valence-corrected chi connectivity index (χ4v) is 3.22. The summed E-state index contributed by atoms with van der Waals surface area (Å²) < 4.78 is 0. The van der Waals surface area contributed by atoms with Gasteiger partial charge >= 0.3 is 0 Å². The minimum Gasteiger partial charge on any atom is -0.342 e. The number of thiophene rings is 1. The summed E-state index contributed by atoms with van der Waals surface area (Å²) in [6.07, 6.45) is 3.76. The molecule has 18 heavy (non-hydrogen) atoms. The number of amides is 1. The van der Waals surface area contributed by atoms with E-state index in [1.807, 2.05) is 17.9 Å². The predicted molar refractivity (Wildman–Crippen MR) is 75.6 cm³/mol. The lowest BCUT2D eigenvalue weighted by molar-refractivity contribution is -0.133. The van der Waals surface area contributed by atoms with Gasteiger partial charge in [-0.1, -0.05) is 6.07 Å². The smallest absolute Gasteiger partial charge is 0.222 e. The molecule has 2 rings (SSSR count). The van der Waals surface area contributed by atoms with Crippen LogP contribution in [0.4, 0.5) is 0 Å². The van der Waals surface area contributed by atoms with Crippen LogP contribution in [0.3, 0.4) is 0 Å². The Hall–Kier alpha value is -0.870. The first-order valence-electron chi connectivity index (χ1n) is 6.72. The quantitative estimate of drug-likeness (QED) is 0.908. The monoisotopic (exact) mass is 266 g/mol. The Kier molecular flexibility index (Phi) is 4.78. The van der Waals surface area contributed by atoms with E-state index in [2.05, 4.69) is 11.4 Å². The van der Waals surface area contributed by atoms with Gasteiger partial charge in [-0.05, 0) is 43.6 Å². The van der Waals surface area contributed by atoms with Crippen LogP contribution >= 0.6 is 11.3 Å². The number of rotatable bonds is 4. The molecule has 1 aromatic rings. The molecule has 1 aliphatic rings. The number of aryl methyl sites for hydroxylation is 1. The highest BCUT2D eigenvalue weighted by molar-refractivity contribution is 7.09. The Morgan fingerprint density at radius 2 is 2.50 bits per heavy atom. The maximum Gasteiger partial charge on any atom is 0.222 e. The summed E-state index contributed by atoms with van der Waals surface area (Å²) in [4.78, 5) is 15.5. The van der Waals surface area contributed by atoms with Gasteiger partial charge in [0.25, 0.3) is 0 Å². The Bertz CT molecular complexity index is 375. The molecule has 0 radical (unpaired) electrons. The summed E-state index contributed by atoms with van der Waals surface area (Å²) in [7, 11) is 0. The summed E-state index contributed by atoms with van der Waals surface area (Å²) in [6.45, 7) is 3.80. The second-order valence-electron chi connectivity index (χ2n) is 5.18. The van der Waals surface area contributed by atoms with Crippen LogP contribution in [0, 0.1) is 5.92 Å². The molecule has 4 heteroatoms. The lowest BCUT2D eigenvalue weighted by atomic mass is 9.92. The van der Waals surface area contributed by atoms with Crippen molar-refractivity contribution < 1.29 is 4.79 Å². The zero-order chi connectivity index (χ0) is 13.0. The number of hydrogen-bond donors (Lipinski definition) is 1. The first-order chi connectivity index (χ1) is 8.66. The minimum absolute atomic E-state index is 0.192. The Labute approximate surface area is 113 Å². The highest BCUT2D eigenvalue weighted by Crippen LogP contribution is 2.20. The van der Waals surface area contributed by atoms with Crippen LogP contribution in [0.25, 0.3) is 0 Å². The maximum atomic E-state index is 12.2. The molecule has 1 saturated heterocycles. The van der Waals surface area contributed by atoms with Crippen LogP contribution in [-0.2, 0) is 11.2 Å². The topological polar surface area (TPSA) is 46.3 Å². The zero-order valence-corrected chi connectivity index (χ0v) is 11.8. The number of carbonyl (C=O) groups is 1. The highest BCUT2D eigenvalue weighted by Gasteiger charge is 2.25. The summed E-state index contributed by atoms with van der Waals surface area (Å²) >= 11 is 1.73. The lowest BCUT2D eigenvalue weighted by Crippen LogP contribution is -2.45. The summed E-state index contributed by atoms with van der Waals surface area (Å²) in [6, 6.07) is 4.33. The third-order valence-electron chi connectivity index (χ3n) is 3.72. The molecule has 0 spiro atoms. The van der Waals surface area contributed by atoms with E-state index in [1.165, 1.54) is 4.88 Å². The van der Waals surface area contributed by atoms with Crippen LogP contribution < -0.4 is 5.73 Å². The number of nitrogens with two attached hydrogens (primary N) is 1. The highest BCUT2D eigenvalue weighted by atomic mass is 32.1. The van der Waals surface area contributed by atoms with E-state index in [0.29, 0.717) is 12.3 Å². The molecule has 1 aliphatic heterocycles. The largest absolute Gasteiger partial charge is 0.342 e. The summed E-state index contributed by atoms with van der Waals surface area (Å²) in [5.41, 5.74) is 5.94. The minimum atomic E-state index is 0.192. The van der Waals surface area contributed by atoms with Gasteiger partial charge in [0.1, 0.15) is 0 Å². The van der Waals surface area contributed by atoms with Gasteiger partial charge in [0, 0.05) is 30.4 Å². The van der Waals surface area contributed by atoms with Crippen molar-refractivity contribution in [2.75, 3.05) is 13.1 Å². The Morgan fingerprint density at radius 3 is 3.17 bits per heavy atom. The van der Waals surface area contributed by atoms with Crippen molar-refractivity contribution in [3.63, 3.8) is 0 Å². The average molecular weight is 266 g/mol. The first-order valence-corrected chi connectivity index (χ1v) is 7.60. The fourth-order valence-electron chi connectivity index (χ4n) is 2.51. The summed E-state index contributed by atoms with van der Waals surface area (Å²) in [5, 5.41) is 2.06. The van der Waals surface area contributed by atoms with E-state index in [4.69, 9.17) is 5.73 Å². The lowest BCUT2D eigenvalue weighted by Gasteiger charge is -2.34. The molecule has 2 heterocycles. The number of likely N-dealkylation sites (tertiary alicyclic amines) is 1. The van der Waals surface area contributed by atoms with Crippen LogP contribution in [0.1, 0.15) is 31.1 Å². The van der Waals surface area contributed by atoms with E-state index in [0.717, 1.165) is 32.4 Å². The molecule has 1 amide bonds. The van der Waals surface area contributed by atoms with Gasteiger partial charge in [0.15, 0.2) is 0 Å². The second-order valence-corrected chi connectivity index (χ2v) is 6.21. The van der Waals surface area contributed by atoms with Crippen LogP contribution in [0.2, 0.25) is 0 Å². The zero-order valence-electron chi connectivity index (χ0n) is 11.0. The maximum absolute atomic E-state index is 12.2. The van der Waals surface area contributed by atoms with Gasteiger partial charge in [-0.15, -0.1) is 11.3 Å². The predicted octanol–water partition coefficient (Wildman–Crippen LogP) is 2.27. The molecule has 2 unspecified atom stereocenters. The van der Waals surface area contributed by atoms with Crippen LogP contribution in [-0.4, -0.2) is 29.9 Å². The molecule has 3 nitrogen and oxygen atoms in total. The molecular formula is C14H22N2OS. The van der Waals surface area contributed by atoms with Crippen molar-refractivity contribution in [2.45, 2.75) is 38.6 Å². The third kappa shape index (κ3) is 3.56. The molecular weight excluding hydrogens is 244 g/mol. The van der Waals surface area contributed by atoms with Gasteiger partial charge < -0.3 is 10.6 Å². The van der Waals surface area contributed by atoms with E-state index >= 15 is 0 Å². The second kappa shape index (κ2) is 6.34. The Morgan fingerprint density at radius 1 is 1.67 bits per heavy atom. The van der Waals surface area contributed by atoms with Gasteiger partial charge in [0.05, 0.1) is 0 Å². The fraction of sp³-hybridized carbons (Fsp3) is 0.643. The van der Waals surface area contributed by atoms with Gasteiger partial charge in [-0.3, -0.25) is 4.79 Å². The molecule has 0 aromatic carbocycles. The van der Waals surface area contributed by atoms with E-state index < -0.39 is 0 Å². The molecule has 0 aliphatic carbocycles.